The van der Waals surface area contributed by atoms with Gasteiger partial charge in [-0.2, -0.15) is 8.61 Å². The van der Waals surface area contributed by atoms with Crippen LogP contribution in [0.3, 0.4) is 0 Å². The van der Waals surface area contributed by atoms with Crippen LogP contribution in [-0.4, -0.2) is 74.6 Å². The Bertz CT molecular complexity index is 2170. The molecule has 5 aromatic carbocycles. The van der Waals surface area contributed by atoms with Crippen LogP contribution in [0.15, 0.2) is 150 Å². The predicted octanol–water partition coefficient (Wildman–Crippen LogP) is 6.69. The van der Waals surface area contributed by atoms with Gasteiger partial charge in [0.25, 0.3) is 0 Å². The van der Waals surface area contributed by atoms with E-state index in [2.05, 4.69) is 5.32 Å². The molecule has 2 N–H and O–H groups in total. The van der Waals surface area contributed by atoms with Crippen LogP contribution in [0.1, 0.15) is 49.1 Å². The minimum absolute atomic E-state index is 0.0444. The summed E-state index contributed by atoms with van der Waals surface area (Å²) in [5, 5.41) is 14.7. The molecule has 12 heteroatoms. The average Bonchev–Trinajstić information content (AvgIpc) is 3.21. The molecule has 0 saturated heterocycles. The molecule has 0 fully saturated rings. The van der Waals surface area contributed by atoms with E-state index in [9.17, 15) is 26.7 Å². The van der Waals surface area contributed by atoms with Crippen LogP contribution in [0.2, 0.25) is 0 Å². The third kappa shape index (κ3) is 11.8. The largest absolute Gasteiger partial charge is 0.497 e. The van der Waals surface area contributed by atoms with E-state index in [1.807, 2.05) is 135 Å². The Morgan fingerprint density at radius 1 is 0.684 bits per heavy atom. The lowest BCUT2D eigenvalue weighted by Crippen LogP contribution is -2.52. The maximum absolute atomic E-state index is 14.7. The number of aliphatic hydroxyl groups excluding tert-OH is 1. The number of ether oxygens (including phenoxy) is 1. The molecule has 0 saturated carbocycles. The van der Waals surface area contributed by atoms with Crippen molar-refractivity contribution in [3.63, 3.8) is 0 Å². The van der Waals surface area contributed by atoms with E-state index in [0.29, 0.717) is 5.75 Å². The van der Waals surface area contributed by atoms with Crippen molar-refractivity contribution >= 4 is 26.0 Å². The highest BCUT2D eigenvalue weighted by molar-refractivity contribution is 7.89. The van der Waals surface area contributed by atoms with Gasteiger partial charge >= 0.3 is 0 Å². The molecule has 5 aromatic rings. The summed E-state index contributed by atoms with van der Waals surface area (Å²) in [5.41, 5.74) is 3.15. The van der Waals surface area contributed by atoms with Crippen LogP contribution in [0.4, 0.5) is 0 Å². The summed E-state index contributed by atoms with van der Waals surface area (Å²) in [6.45, 7) is 5.20. The van der Waals surface area contributed by atoms with Gasteiger partial charge in [-0.15, -0.1) is 0 Å². The molecule has 57 heavy (non-hydrogen) atoms. The fourth-order valence-electron chi connectivity index (χ4n) is 6.78. The highest BCUT2D eigenvalue weighted by atomic mass is 32.2. The number of carbonyl (C=O) groups excluding carboxylic acids is 1. The maximum atomic E-state index is 14.7. The molecular weight excluding hydrogens is 759 g/mol. The lowest BCUT2D eigenvalue weighted by atomic mass is 9.98. The van der Waals surface area contributed by atoms with Gasteiger partial charge < -0.3 is 15.2 Å². The van der Waals surface area contributed by atoms with E-state index < -0.39 is 55.8 Å². The molecule has 3 unspecified atom stereocenters. The van der Waals surface area contributed by atoms with E-state index in [-0.39, 0.29) is 36.9 Å². The standard InChI is InChI=1S/C45H53N3O7S2/c1-34(2)30-47(57(53,54)41-27-25-40(55-4)26-28-41)32-43(49)42(29-36-17-9-5-10-18-36)46-45(50)35(3)33-56(51,52)48(31-37-19-11-6-12-20-37)44(38-21-13-7-14-22-38)39-23-15-8-16-24-39/h5-28,34-35,42-44,49H,29-33H2,1-4H3,(H,46,50). The second-order valence-corrected chi connectivity index (χ2v) is 18.6. The second kappa shape index (κ2) is 20.0. The molecule has 5 rings (SSSR count). The Morgan fingerprint density at radius 2 is 1.18 bits per heavy atom. The molecular formula is C45H53N3O7S2. The fraction of sp³-hybridized carbons (Fsp3) is 0.311. The summed E-state index contributed by atoms with van der Waals surface area (Å²) in [6, 6.07) is 41.8. The molecule has 0 radical (unpaired) electrons. The van der Waals surface area contributed by atoms with Gasteiger partial charge in [-0.25, -0.2) is 16.8 Å². The number of methoxy groups -OCH3 is 1. The summed E-state index contributed by atoms with van der Waals surface area (Å²) in [5.74, 6) is -1.71. The van der Waals surface area contributed by atoms with Crippen LogP contribution in [0.5, 0.6) is 5.75 Å². The van der Waals surface area contributed by atoms with Crippen LogP contribution >= 0.6 is 0 Å². The van der Waals surface area contributed by atoms with Crippen molar-refractivity contribution in [3.05, 3.63) is 168 Å². The Balaban J connectivity index is 1.43. The molecule has 10 nitrogen and oxygen atoms in total. The first-order valence-electron chi connectivity index (χ1n) is 19.1. The lowest BCUT2D eigenvalue weighted by Gasteiger charge is -2.33. The van der Waals surface area contributed by atoms with Crippen molar-refractivity contribution < 1.29 is 31.5 Å². The summed E-state index contributed by atoms with van der Waals surface area (Å²) in [4.78, 5) is 14.2. The third-order valence-corrected chi connectivity index (χ3v) is 13.5. The lowest BCUT2D eigenvalue weighted by molar-refractivity contribution is -0.125. The number of aliphatic hydroxyl groups is 1. The third-order valence-electron chi connectivity index (χ3n) is 9.71. The Kier molecular flexibility index (Phi) is 15.2. The zero-order chi connectivity index (χ0) is 41.0. The number of nitrogens with zero attached hydrogens (tertiary/aromatic N) is 2. The number of carbonyl (C=O) groups is 1. The second-order valence-electron chi connectivity index (χ2n) is 14.7. The van der Waals surface area contributed by atoms with E-state index in [1.165, 1.54) is 27.9 Å². The fourth-order valence-corrected chi connectivity index (χ4v) is 10.3. The van der Waals surface area contributed by atoms with E-state index in [0.717, 1.165) is 22.3 Å². The van der Waals surface area contributed by atoms with Gasteiger partial charge in [-0.05, 0) is 58.9 Å². The van der Waals surface area contributed by atoms with Crippen molar-refractivity contribution in [2.45, 2.75) is 56.8 Å². The Morgan fingerprint density at radius 3 is 1.67 bits per heavy atom. The summed E-state index contributed by atoms with van der Waals surface area (Å²) in [7, 11) is -6.71. The summed E-state index contributed by atoms with van der Waals surface area (Å²) in [6.07, 6.45) is -1.17. The van der Waals surface area contributed by atoms with Crippen molar-refractivity contribution in [1.82, 2.24) is 13.9 Å². The molecule has 0 aliphatic rings. The van der Waals surface area contributed by atoms with Gasteiger partial charge in [0.1, 0.15) is 5.75 Å². The molecule has 0 aromatic heterocycles. The molecule has 0 bridgehead atoms. The Labute approximate surface area is 338 Å². The smallest absolute Gasteiger partial charge is 0.243 e. The maximum Gasteiger partial charge on any atom is 0.243 e. The highest BCUT2D eigenvalue weighted by Crippen LogP contribution is 2.33. The molecule has 0 aliphatic heterocycles. The van der Waals surface area contributed by atoms with Gasteiger partial charge in [-0.3, -0.25) is 4.79 Å². The molecule has 0 aliphatic carbocycles. The number of benzene rings is 5. The van der Waals surface area contributed by atoms with Gasteiger partial charge in [0.05, 0.1) is 41.9 Å². The van der Waals surface area contributed by atoms with E-state index >= 15 is 0 Å². The summed E-state index contributed by atoms with van der Waals surface area (Å²) >= 11 is 0. The van der Waals surface area contributed by atoms with Gasteiger partial charge in [0, 0.05) is 19.6 Å². The predicted molar refractivity (Wildman–Crippen MR) is 224 cm³/mol. The minimum atomic E-state index is -4.15. The first kappa shape index (κ1) is 43.3. The SMILES string of the molecule is COc1ccc(S(=O)(=O)N(CC(C)C)CC(O)C(Cc2ccccc2)NC(=O)C(C)CS(=O)(=O)N(Cc2ccccc2)C(c2ccccc2)c2ccccc2)cc1. The molecule has 1 amide bonds. The summed E-state index contributed by atoms with van der Waals surface area (Å²) < 4.78 is 65.2. The number of sulfonamides is 2. The highest BCUT2D eigenvalue weighted by Gasteiger charge is 2.37. The molecule has 0 spiro atoms. The van der Waals surface area contributed by atoms with Crippen molar-refractivity contribution in [2.24, 2.45) is 11.8 Å². The van der Waals surface area contributed by atoms with Crippen LogP contribution < -0.4 is 10.1 Å². The molecule has 0 heterocycles. The van der Waals surface area contributed by atoms with Crippen LogP contribution in [0.25, 0.3) is 0 Å². The van der Waals surface area contributed by atoms with Crippen molar-refractivity contribution in [1.29, 1.82) is 0 Å². The normalized spacial score (nSPS) is 13.8. The van der Waals surface area contributed by atoms with Gasteiger partial charge in [0.15, 0.2) is 0 Å². The zero-order valence-corrected chi connectivity index (χ0v) is 34.5. The van der Waals surface area contributed by atoms with Crippen molar-refractivity contribution in [2.75, 3.05) is 26.0 Å². The van der Waals surface area contributed by atoms with Crippen LogP contribution in [0, 0.1) is 11.8 Å². The van der Waals surface area contributed by atoms with Gasteiger partial charge in [-0.1, -0.05) is 142 Å². The number of nitrogens with one attached hydrogen (secondary N) is 1. The number of rotatable bonds is 20. The first-order valence-corrected chi connectivity index (χ1v) is 22.1. The van der Waals surface area contributed by atoms with E-state index in [1.54, 1.807) is 19.1 Å². The quantitative estimate of drug-likeness (QED) is 0.0896. The number of amides is 1. The first-order chi connectivity index (χ1) is 27.3. The Hall–Kier alpha value is -4.85. The number of hydrogen-bond donors (Lipinski definition) is 2. The monoisotopic (exact) mass is 811 g/mol. The van der Waals surface area contributed by atoms with Crippen molar-refractivity contribution in [3.8, 4) is 5.75 Å². The van der Waals surface area contributed by atoms with Crippen LogP contribution in [-0.2, 0) is 37.8 Å². The van der Waals surface area contributed by atoms with Gasteiger partial charge in [0.2, 0.25) is 26.0 Å². The topological polar surface area (TPSA) is 133 Å². The minimum Gasteiger partial charge on any atom is -0.497 e. The molecule has 3 atom stereocenters. The average molecular weight is 812 g/mol. The van der Waals surface area contributed by atoms with E-state index in [4.69, 9.17) is 4.74 Å². The zero-order valence-electron chi connectivity index (χ0n) is 32.9. The molecule has 302 valence electrons. The number of hydrogen-bond acceptors (Lipinski definition) is 7.